The third kappa shape index (κ3) is 5.62. The largest absolute Gasteiger partial charge is 0.507 e. The molecule has 3 nitrogen and oxygen atoms in total. The van der Waals surface area contributed by atoms with E-state index < -0.39 is 5.97 Å². The molecule has 3 heteroatoms. The number of esters is 1. The number of hydrogen-bond acceptors (Lipinski definition) is 3. The number of hydrogen-bond donors (Lipinski definition) is 1. The predicted molar refractivity (Wildman–Crippen MR) is 134 cm³/mol. The number of ether oxygens (including phenoxy) is 1. The van der Waals surface area contributed by atoms with Gasteiger partial charge in [-0.3, -0.25) is 0 Å². The highest BCUT2D eigenvalue weighted by atomic mass is 16.5. The van der Waals surface area contributed by atoms with Gasteiger partial charge in [-0.05, 0) is 36.7 Å². The molecule has 0 heterocycles. The fourth-order valence-electron chi connectivity index (χ4n) is 4.28. The molecule has 1 atom stereocenters. The zero-order chi connectivity index (χ0) is 24.4. The minimum Gasteiger partial charge on any atom is -0.507 e. The summed E-state index contributed by atoms with van der Waals surface area (Å²) in [6.45, 7) is 22.6. The first-order chi connectivity index (χ1) is 14.7. The van der Waals surface area contributed by atoms with Crippen molar-refractivity contribution >= 4 is 5.97 Å². The fraction of sp³-hybridized carbons (Fsp3) is 0.483. The third-order valence-corrected chi connectivity index (χ3v) is 5.86. The molecular formula is C29H40O3. The molecule has 0 amide bonds. The number of phenolic OH excluding ortho intramolecular Hbond substituents is 1. The van der Waals surface area contributed by atoms with E-state index in [0.717, 1.165) is 46.2 Å². The molecule has 2 rings (SSSR count). The van der Waals surface area contributed by atoms with E-state index in [1.165, 1.54) is 6.08 Å². The summed E-state index contributed by atoms with van der Waals surface area (Å²) < 4.78 is 5.89. The molecule has 2 aromatic rings. The van der Waals surface area contributed by atoms with Crippen molar-refractivity contribution in [1.29, 1.82) is 0 Å². The molecule has 1 N–H and O–H groups in total. The van der Waals surface area contributed by atoms with Gasteiger partial charge in [-0.2, -0.15) is 0 Å². The first kappa shape index (κ1) is 25.7. The van der Waals surface area contributed by atoms with Gasteiger partial charge in [0, 0.05) is 28.7 Å². The van der Waals surface area contributed by atoms with Crippen molar-refractivity contribution in [3.8, 4) is 11.5 Å². The molecule has 0 aromatic heterocycles. The van der Waals surface area contributed by atoms with Crippen molar-refractivity contribution in [2.75, 3.05) is 0 Å². The summed E-state index contributed by atoms with van der Waals surface area (Å²) in [7, 11) is 0. The lowest BCUT2D eigenvalue weighted by molar-refractivity contribution is -0.129. The lowest BCUT2D eigenvalue weighted by atomic mass is 9.77. The van der Waals surface area contributed by atoms with E-state index >= 15 is 0 Å². The number of aryl methyl sites for hydroxylation is 2. The van der Waals surface area contributed by atoms with Gasteiger partial charge in [-0.1, -0.05) is 96.9 Å². The van der Waals surface area contributed by atoms with E-state index in [1.54, 1.807) is 0 Å². The Morgan fingerprint density at radius 2 is 1.47 bits per heavy atom. The van der Waals surface area contributed by atoms with E-state index in [-0.39, 0.29) is 16.7 Å². The number of phenols is 1. The average Bonchev–Trinajstić information content (AvgIpc) is 2.67. The van der Waals surface area contributed by atoms with Crippen LogP contribution >= 0.6 is 0 Å². The maximum absolute atomic E-state index is 12.3. The average molecular weight is 437 g/mol. The molecule has 0 aliphatic heterocycles. The van der Waals surface area contributed by atoms with Gasteiger partial charge in [-0.25, -0.2) is 4.79 Å². The lowest BCUT2D eigenvalue weighted by Crippen LogP contribution is -2.19. The smallest absolute Gasteiger partial charge is 0.335 e. The topological polar surface area (TPSA) is 46.5 Å². The van der Waals surface area contributed by atoms with E-state index in [9.17, 15) is 9.90 Å². The molecule has 174 valence electrons. The second-order valence-electron chi connectivity index (χ2n) is 10.9. The van der Waals surface area contributed by atoms with Gasteiger partial charge in [0.15, 0.2) is 0 Å². The highest BCUT2D eigenvalue weighted by Crippen LogP contribution is 2.46. The SMILES string of the molecule is C=CC(=O)Oc1c(C(CCC)c2cc(C)cc(C(C)(C)C)c2O)cc(C)cc1C(C)(C)C. The first-order valence-electron chi connectivity index (χ1n) is 11.5. The highest BCUT2D eigenvalue weighted by Gasteiger charge is 2.30. The molecule has 0 fully saturated rings. The molecule has 0 saturated carbocycles. The molecule has 0 aliphatic carbocycles. The van der Waals surface area contributed by atoms with Crippen molar-refractivity contribution in [3.05, 3.63) is 70.3 Å². The predicted octanol–water partition coefficient (Wildman–Crippen LogP) is 7.63. The van der Waals surface area contributed by atoms with Gasteiger partial charge in [0.2, 0.25) is 0 Å². The zero-order valence-corrected chi connectivity index (χ0v) is 21.3. The van der Waals surface area contributed by atoms with Gasteiger partial charge in [-0.15, -0.1) is 0 Å². The summed E-state index contributed by atoms with van der Waals surface area (Å²) in [6.07, 6.45) is 2.95. The summed E-state index contributed by atoms with van der Waals surface area (Å²) >= 11 is 0. The normalized spacial score (nSPS) is 13.0. The Kier molecular flexibility index (Phi) is 7.65. The number of carbonyl (C=O) groups excluding carboxylic acids is 1. The van der Waals surface area contributed by atoms with Gasteiger partial charge in [0.05, 0.1) is 0 Å². The van der Waals surface area contributed by atoms with Crippen molar-refractivity contribution in [2.24, 2.45) is 0 Å². The van der Waals surface area contributed by atoms with Crippen LogP contribution in [0.1, 0.15) is 101 Å². The minimum atomic E-state index is -0.473. The van der Waals surface area contributed by atoms with Crippen LogP contribution in [0.5, 0.6) is 11.5 Å². The van der Waals surface area contributed by atoms with Crippen LogP contribution in [0.15, 0.2) is 36.9 Å². The van der Waals surface area contributed by atoms with Crippen LogP contribution < -0.4 is 4.74 Å². The van der Waals surface area contributed by atoms with Gasteiger partial charge < -0.3 is 9.84 Å². The Morgan fingerprint density at radius 1 is 0.969 bits per heavy atom. The second kappa shape index (κ2) is 9.52. The Hall–Kier alpha value is -2.55. The number of carbonyl (C=O) groups is 1. The molecule has 2 aromatic carbocycles. The lowest BCUT2D eigenvalue weighted by Gasteiger charge is -2.30. The van der Waals surface area contributed by atoms with E-state index in [4.69, 9.17) is 4.74 Å². The molecular weight excluding hydrogens is 396 g/mol. The summed E-state index contributed by atoms with van der Waals surface area (Å²) in [4.78, 5) is 12.3. The van der Waals surface area contributed by atoms with Crippen LogP contribution in [0.2, 0.25) is 0 Å². The van der Waals surface area contributed by atoms with Crippen molar-refractivity contribution in [2.45, 2.75) is 91.9 Å². The maximum atomic E-state index is 12.3. The van der Waals surface area contributed by atoms with Gasteiger partial charge >= 0.3 is 5.97 Å². The van der Waals surface area contributed by atoms with E-state index in [0.29, 0.717) is 11.5 Å². The molecule has 0 spiro atoms. The Bertz CT molecular complexity index is 1000. The summed E-state index contributed by atoms with van der Waals surface area (Å²) in [6, 6.07) is 8.33. The quantitative estimate of drug-likeness (QED) is 0.288. The van der Waals surface area contributed by atoms with Gasteiger partial charge in [0.25, 0.3) is 0 Å². The molecule has 1 unspecified atom stereocenters. The van der Waals surface area contributed by atoms with Crippen molar-refractivity contribution in [3.63, 3.8) is 0 Å². The second-order valence-corrected chi connectivity index (χ2v) is 10.9. The highest BCUT2D eigenvalue weighted by molar-refractivity contribution is 5.84. The van der Waals surface area contributed by atoms with Crippen molar-refractivity contribution < 1.29 is 14.6 Å². The van der Waals surface area contributed by atoms with E-state index in [2.05, 4.69) is 93.2 Å². The summed E-state index contributed by atoms with van der Waals surface area (Å²) in [5.74, 6) is 0.348. The molecule has 0 saturated heterocycles. The molecule has 32 heavy (non-hydrogen) atoms. The van der Waals surface area contributed by atoms with Crippen LogP contribution in [0.3, 0.4) is 0 Å². The van der Waals surface area contributed by atoms with Crippen LogP contribution in [0.25, 0.3) is 0 Å². The fourth-order valence-corrected chi connectivity index (χ4v) is 4.28. The minimum absolute atomic E-state index is 0.102. The standard InChI is InChI=1S/C29H40O3/c1-11-13-20(21-14-18(3)16-23(26(21)31)28(5,6)7)22-15-19(4)17-24(29(8,9)10)27(22)32-25(30)12-2/h12,14-17,20,31H,2,11,13H2,1,3-10H3. The molecule has 0 bridgehead atoms. The van der Waals surface area contributed by atoms with Crippen LogP contribution in [-0.2, 0) is 15.6 Å². The summed E-state index contributed by atoms with van der Waals surface area (Å²) in [5, 5.41) is 11.4. The maximum Gasteiger partial charge on any atom is 0.335 e. The number of rotatable bonds is 6. The van der Waals surface area contributed by atoms with Gasteiger partial charge in [0.1, 0.15) is 11.5 Å². The van der Waals surface area contributed by atoms with Crippen molar-refractivity contribution in [1.82, 2.24) is 0 Å². The number of benzene rings is 2. The third-order valence-electron chi connectivity index (χ3n) is 5.86. The number of aromatic hydroxyl groups is 1. The van der Waals surface area contributed by atoms with Crippen LogP contribution in [0, 0.1) is 13.8 Å². The Labute approximate surface area is 194 Å². The first-order valence-corrected chi connectivity index (χ1v) is 11.5. The van der Waals surface area contributed by atoms with Crippen LogP contribution in [-0.4, -0.2) is 11.1 Å². The molecule has 0 radical (unpaired) electrons. The summed E-state index contributed by atoms with van der Waals surface area (Å²) in [5.41, 5.74) is 5.53. The monoisotopic (exact) mass is 436 g/mol. The zero-order valence-electron chi connectivity index (χ0n) is 21.3. The Morgan fingerprint density at radius 3 is 1.94 bits per heavy atom. The Balaban J connectivity index is 2.91. The van der Waals surface area contributed by atoms with Crippen LogP contribution in [0.4, 0.5) is 0 Å². The molecule has 0 aliphatic rings. The van der Waals surface area contributed by atoms with E-state index in [1.807, 2.05) is 0 Å².